The van der Waals surface area contributed by atoms with Gasteiger partial charge in [-0.1, -0.05) is 44.0 Å². The van der Waals surface area contributed by atoms with Crippen molar-refractivity contribution >= 4 is 22.7 Å². The number of ketones is 1. The number of carbonyl (C=O) groups excluding carboxylic acids is 2. The van der Waals surface area contributed by atoms with Crippen LogP contribution in [0.4, 0.5) is 0 Å². The van der Waals surface area contributed by atoms with Crippen LogP contribution in [0.3, 0.4) is 0 Å². The molecular weight excluding hydrogens is 524 g/mol. The number of hydrogen-bond donors (Lipinski definition) is 1. The van der Waals surface area contributed by atoms with Gasteiger partial charge in [0.05, 0.1) is 38.5 Å². The quantitative estimate of drug-likeness (QED) is 0.221. The second-order valence-corrected chi connectivity index (χ2v) is 10.4. The van der Waals surface area contributed by atoms with Gasteiger partial charge in [0.2, 0.25) is 5.78 Å². The van der Waals surface area contributed by atoms with Gasteiger partial charge < -0.3 is 28.6 Å². The van der Waals surface area contributed by atoms with Crippen molar-refractivity contribution in [2.45, 2.75) is 38.6 Å². The van der Waals surface area contributed by atoms with Crippen LogP contribution in [0, 0.1) is 0 Å². The molecule has 1 amide bonds. The van der Waals surface area contributed by atoms with Crippen molar-refractivity contribution in [1.82, 2.24) is 9.80 Å². The molecule has 0 radical (unpaired) electrons. The number of para-hydroxylation sites is 1. The number of morpholine rings is 1. The number of hydrogen-bond acceptors (Lipinski definition) is 8. The first-order chi connectivity index (χ1) is 20.0. The van der Waals surface area contributed by atoms with Crippen molar-refractivity contribution in [3.63, 3.8) is 0 Å². The van der Waals surface area contributed by atoms with Crippen LogP contribution in [-0.4, -0.2) is 79.7 Å². The van der Waals surface area contributed by atoms with Crippen molar-refractivity contribution in [1.29, 1.82) is 0 Å². The van der Waals surface area contributed by atoms with Crippen molar-refractivity contribution in [3.8, 4) is 11.5 Å². The zero-order chi connectivity index (χ0) is 28.8. The molecule has 5 rings (SSSR count). The molecule has 1 fully saturated rings. The second-order valence-electron chi connectivity index (χ2n) is 10.4. The molecule has 9 heteroatoms. The van der Waals surface area contributed by atoms with Crippen LogP contribution >= 0.6 is 0 Å². The molecule has 0 bridgehead atoms. The molecule has 3 heterocycles. The number of furan rings is 1. The van der Waals surface area contributed by atoms with Gasteiger partial charge in [-0.05, 0) is 42.7 Å². The number of Topliss-reactive ketones (excluding diaryl/α,β-unsaturated/α-hetero) is 1. The lowest BCUT2D eigenvalue weighted by Gasteiger charge is -2.30. The van der Waals surface area contributed by atoms with Crippen LogP contribution < -0.4 is 9.47 Å². The largest absolute Gasteiger partial charge is 0.503 e. The highest BCUT2D eigenvalue weighted by molar-refractivity contribution is 6.16. The molecule has 1 unspecified atom stereocenters. The molecule has 0 aliphatic carbocycles. The lowest BCUT2D eigenvalue weighted by Crippen LogP contribution is -2.39. The molecule has 41 heavy (non-hydrogen) atoms. The number of benzene rings is 2. The van der Waals surface area contributed by atoms with Crippen LogP contribution in [0.1, 0.15) is 54.8 Å². The highest BCUT2D eigenvalue weighted by Crippen LogP contribution is 2.41. The van der Waals surface area contributed by atoms with Crippen molar-refractivity contribution in [2.24, 2.45) is 0 Å². The van der Waals surface area contributed by atoms with E-state index in [0.29, 0.717) is 60.8 Å². The molecule has 9 nitrogen and oxygen atoms in total. The van der Waals surface area contributed by atoms with E-state index in [-0.39, 0.29) is 11.3 Å². The Morgan fingerprint density at radius 2 is 1.85 bits per heavy atom. The minimum Gasteiger partial charge on any atom is -0.503 e. The molecule has 2 aliphatic heterocycles. The summed E-state index contributed by atoms with van der Waals surface area (Å²) in [4.78, 5) is 31.3. The monoisotopic (exact) mass is 562 g/mol. The fourth-order valence-electron chi connectivity index (χ4n) is 5.51. The van der Waals surface area contributed by atoms with Gasteiger partial charge in [0.25, 0.3) is 5.91 Å². The lowest BCUT2D eigenvalue weighted by molar-refractivity contribution is -0.129. The Hall–Kier alpha value is -3.82. The fraction of sp³-hybridized carbons (Fsp3) is 0.438. The molecule has 3 aromatic rings. The van der Waals surface area contributed by atoms with Crippen LogP contribution in [0.2, 0.25) is 0 Å². The number of amides is 1. The van der Waals surface area contributed by atoms with Crippen LogP contribution in [0.5, 0.6) is 11.5 Å². The van der Waals surface area contributed by atoms with Gasteiger partial charge in [0, 0.05) is 31.6 Å². The minimum atomic E-state index is -0.783. The van der Waals surface area contributed by atoms with E-state index in [9.17, 15) is 14.7 Å². The van der Waals surface area contributed by atoms with E-state index in [1.54, 1.807) is 17.0 Å². The van der Waals surface area contributed by atoms with E-state index < -0.39 is 23.5 Å². The Labute approximate surface area is 240 Å². The highest BCUT2D eigenvalue weighted by atomic mass is 16.5. The molecule has 218 valence electrons. The topological polar surface area (TPSA) is 102 Å². The maximum Gasteiger partial charge on any atom is 0.290 e. The summed E-state index contributed by atoms with van der Waals surface area (Å²) < 4.78 is 22.8. The number of carbonyl (C=O) groups is 2. The number of aliphatic hydroxyl groups is 1. The SMILES string of the molecule is CCCCCOc1cccc(C2C(C(=O)c3cc4cccc(OC)c4o3)=C(O)C(=O)N2CCCN2CCOCC2)c1. The highest BCUT2D eigenvalue weighted by Gasteiger charge is 2.44. The molecule has 2 aliphatic rings. The number of ether oxygens (including phenoxy) is 3. The van der Waals surface area contributed by atoms with Crippen molar-refractivity contribution in [3.05, 3.63) is 71.2 Å². The van der Waals surface area contributed by atoms with Crippen LogP contribution in [0.25, 0.3) is 11.0 Å². The maximum atomic E-state index is 14.0. The van der Waals surface area contributed by atoms with E-state index in [1.807, 2.05) is 36.4 Å². The normalized spacial score (nSPS) is 18.0. The van der Waals surface area contributed by atoms with Gasteiger partial charge in [0.15, 0.2) is 22.9 Å². The van der Waals surface area contributed by atoms with Gasteiger partial charge >= 0.3 is 0 Å². The fourth-order valence-corrected chi connectivity index (χ4v) is 5.51. The summed E-state index contributed by atoms with van der Waals surface area (Å²) in [6, 6.07) is 13.7. The zero-order valence-electron chi connectivity index (χ0n) is 23.8. The van der Waals surface area contributed by atoms with E-state index in [1.165, 1.54) is 7.11 Å². The van der Waals surface area contributed by atoms with E-state index in [0.717, 1.165) is 38.9 Å². The molecule has 1 N–H and O–H groups in total. The predicted molar refractivity (Wildman–Crippen MR) is 155 cm³/mol. The lowest BCUT2D eigenvalue weighted by atomic mass is 9.94. The first kappa shape index (κ1) is 28.7. The standard InChI is InChI=1S/C32H38N2O7/c1-3-4-5-17-40-24-11-6-9-22(20-24)28-27(29(35)26-21-23-10-7-12-25(38-2)31(23)41-26)30(36)32(37)34(28)14-8-13-33-15-18-39-19-16-33/h6-7,9-12,20-21,28,36H,3-5,8,13-19H2,1-2H3. The predicted octanol–water partition coefficient (Wildman–Crippen LogP) is 5.31. The van der Waals surface area contributed by atoms with Gasteiger partial charge in [-0.3, -0.25) is 14.5 Å². The summed E-state index contributed by atoms with van der Waals surface area (Å²) in [6.07, 6.45) is 3.80. The van der Waals surface area contributed by atoms with Crippen molar-refractivity contribution < 1.29 is 33.3 Å². The Morgan fingerprint density at radius 1 is 1.05 bits per heavy atom. The van der Waals surface area contributed by atoms with Gasteiger partial charge in [0.1, 0.15) is 5.75 Å². The molecule has 0 saturated carbocycles. The third-order valence-corrected chi connectivity index (χ3v) is 7.67. The number of nitrogens with zero attached hydrogens (tertiary/aromatic N) is 2. The average Bonchev–Trinajstić information content (AvgIpc) is 3.55. The van der Waals surface area contributed by atoms with Gasteiger partial charge in [-0.25, -0.2) is 0 Å². The Bertz CT molecular complexity index is 1410. The smallest absolute Gasteiger partial charge is 0.290 e. The summed E-state index contributed by atoms with van der Waals surface area (Å²) in [5.74, 6) is -0.464. The number of rotatable bonds is 13. The van der Waals surface area contributed by atoms with Crippen molar-refractivity contribution in [2.75, 3.05) is 53.1 Å². The Balaban J connectivity index is 1.45. The molecular formula is C32H38N2O7. The summed E-state index contributed by atoms with van der Waals surface area (Å²) in [5, 5.41) is 11.8. The van der Waals surface area contributed by atoms with Crippen LogP contribution in [-0.2, 0) is 9.53 Å². The third-order valence-electron chi connectivity index (χ3n) is 7.67. The molecule has 2 aromatic carbocycles. The number of aliphatic hydroxyl groups excluding tert-OH is 1. The Kier molecular flexibility index (Phi) is 9.26. The molecule has 1 saturated heterocycles. The first-order valence-corrected chi connectivity index (χ1v) is 14.4. The van der Waals surface area contributed by atoms with E-state index in [4.69, 9.17) is 18.6 Å². The van der Waals surface area contributed by atoms with Crippen LogP contribution in [0.15, 0.2) is 64.3 Å². The molecule has 1 atom stereocenters. The zero-order valence-corrected chi connectivity index (χ0v) is 23.8. The third kappa shape index (κ3) is 6.26. The van der Waals surface area contributed by atoms with Gasteiger partial charge in [-0.15, -0.1) is 0 Å². The summed E-state index contributed by atoms with van der Waals surface area (Å²) in [5.41, 5.74) is 1.13. The maximum absolute atomic E-state index is 14.0. The minimum absolute atomic E-state index is 0.00234. The summed E-state index contributed by atoms with van der Waals surface area (Å²) in [6.45, 7) is 6.96. The van der Waals surface area contributed by atoms with E-state index >= 15 is 0 Å². The number of fused-ring (bicyclic) bond motifs is 1. The number of methoxy groups -OCH3 is 1. The molecule has 0 spiro atoms. The number of unbranched alkanes of at least 4 members (excludes halogenated alkanes) is 2. The molecule has 1 aromatic heterocycles. The average molecular weight is 563 g/mol. The van der Waals surface area contributed by atoms with Gasteiger partial charge in [-0.2, -0.15) is 0 Å². The summed E-state index contributed by atoms with van der Waals surface area (Å²) >= 11 is 0. The second kappa shape index (κ2) is 13.2. The van der Waals surface area contributed by atoms with E-state index in [2.05, 4.69) is 11.8 Å². The summed E-state index contributed by atoms with van der Waals surface area (Å²) in [7, 11) is 1.53. The Morgan fingerprint density at radius 3 is 2.63 bits per heavy atom. The first-order valence-electron chi connectivity index (χ1n) is 14.4.